The number of ether oxygens (including phenoxy) is 1. The number of hydrogen-bond acceptors (Lipinski definition) is 5. The summed E-state index contributed by atoms with van der Waals surface area (Å²) in [5.41, 5.74) is 7.75. The van der Waals surface area contributed by atoms with Gasteiger partial charge in [-0.05, 0) is 56.6 Å². The van der Waals surface area contributed by atoms with Crippen molar-refractivity contribution in [2.24, 2.45) is 4.99 Å². The Hall–Kier alpha value is -5.91. The summed E-state index contributed by atoms with van der Waals surface area (Å²) < 4.78 is 6.61. The van der Waals surface area contributed by atoms with Gasteiger partial charge in [-0.2, -0.15) is 0 Å². The number of nitrogens with one attached hydrogen (secondary N) is 3. The van der Waals surface area contributed by atoms with Crippen molar-refractivity contribution in [1.29, 1.82) is 0 Å². The van der Waals surface area contributed by atoms with Gasteiger partial charge in [0.25, 0.3) is 0 Å². The molecule has 0 radical (unpaired) electrons. The van der Waals surface area contributed by atoms with Gasteiger partial charge in [0.15, 0.2) is 12.0 Å². The van der Waals surface area contributed by atoms with Gasteiger partial charge in [-0.3, -0.25) is 5.32 Å². The van der Waals surface area contributed by atoms with Gasteiger partial charge in [-0.25, -0.2) is 4.99 Å². The molecule has 0 saturated carbocycles. The predicted octanol–water partition coefficient (Wildman–Crippen LogP) is 9.50. The Bertz CT molecular complexity index is 2270. The topological polar surface area (TPSA) is 57.7 Å². The Morgan fingerprint density at radius 1 is 0.511 bits per heavy atom. The lowest BCUT2D eigenvalue weighted by Crippen LogP contribution is -2.44. The van der Waals surface area contributed by atoms with Crippen molar-refractivity contribution >= 4 is 33.1 Å². The van der Waals surface area contributed by atoms with E-state index in [0.29, 0.717) is 0 Å². The zero-order chi connectivity index (χ0) is 31.2. The van der Waals surface area contributed by atoms with Crippen LogP contribution in [0.15, 0.2) is 163 Å². The van der Waals surface area contributed by atoms with Gasteiger partial charge < -0.3 is 15.4 Å². The molecule has 5 heteroatoms. The molecule has 0 aliphatic carbocycles. The number of fused-ring (bicyclic) bond motifs is 5. The van der Waals surface area contributed by atoms with Gasteiger partial charge in [0.1, 0.15) is 18.2 Å². The largest absolute Gasteiger partial charge is 0.464 e. The molecule has 0 fully saturated rings. The molecule has 2 heterocycles. The van der Waals surface area contributed by atoms with Crippen LogP contribution in [0.2, 0.25) is 0 Å². The van der Waals surface area contributed by atoms with Crippen LogP contribution in [0, 0.1) is 0 Å². The van der Waals surface area contributed by atoms with Crippen LogP contribution >= 0.6 is 0 Å². The van der Waals surface area contributed by atoms with Crippen LogP contribution in [0.5, 0.6) is 5.75 Å². The van der Waals surface area contributed by atoms with Gasteiger partial charge in [0.05, 0.1) is 5.69 Å². The van der Waals surface area contributed by atoms with Crippen LogP contribution in [-0.2, 0) is 0 Å². The second-order valence-corrected chi connectivity index (χ2v) is 12.1. The minimum Gasteiger partial charge on any atom is -0.464 e. The summed E-state index contributed by atoms with van der Waals surface area (Å²) in [6.45, 7) is 0. The fourth-order valence-corrected chi connectivity index (χ4v) is 6.77. The zero-order valence-electron chi connectivity index (χ0n) is 25.6. The molecule has 7 aromatic rings. The van der Waals surface area contributed by atoms with Crippen LogP contribution in [-0.4, -0.2) is 5.84 Å². The molecular formula is C42H32N4O. The van der Waals surface area contributed by atoms with E-state index in [4.69, 9.17) is 9.73 Å². The van der Waals surface area contributed by atoms with Gasteiger partial charge in [0.2, 0.25) is 0 Å². The highest BCUT2D eigenvalue weighted by atomic mass is 16.5. The molecule has 0 saturated heterocycles. The van der Waals surface area contributed by atoms with Gasteiger partial charge in [-0.15, -0.1) is 0 Å². The van der Waals surface area contributed by atoms with Crippen LogP contribution in [0.3, 0.4) is 0 Å². The predicted molar refractivity (Wildman–Crippen MR) is 191 cm³/mol. The summed E-state index contributed by atoms with van der Waals surface area (Å²) in [5, 5.41) is 15.6. The molecule has 2 aliphatic heterocycles. The Balaban J connectivity index is 1.11. The number of aliphatic imine (C=N–C) groups is 1. The van der Waals surface area contributed by atoms with E-state index in [1.54, 1.807) is 0 Å². The summed E-state index contributed by atoms with van der Waals surface area (Å²) >= 11 is 0. The summed E-state index contributed by atoms with van der Waals surface area (Å²) in [6, 6.07) is 55.3. The molecule has 3 N–H and O–H groups in total. The van der Waals surface area contributed by atoms with E-state index in [1.807, 2.05) is 30.3 Å². The summed E-state index contributed by atoms with van der Waals surface area (Å²) in [5.74, 6) is 1.78. The van der Waals surface area contributed by atoms with Crippen LogP contribution in [0.4, 0.5) is 5.69 Å². The van der Waals surface area contributed by atoms with Crippen molar-refractivity contribution in [2.75, 3.05) is 5.32 Å². The zero-order valence-corrected chi connectivity index (χ0v) is 25.6. The highest BCUT2D eigenvalue weighted by molar-refractivity contribution is 6.13. The lowest BCUT2D eigenvalue weighted by molar-refractivity contribution is 0.263. The number of hydrogen-bond donors (Lipinski definition) is 3. The minimum absolute atomic E-state index is 0.0833. The molecular weight excluding hydrogens is 576 g/mol. The van der Waals surface area contributed by atoms with Crippen LogP contribution < -0.4 is 20.7 Å². The number of amidine groups is 1. The summed E-state index contributed by atoms with van der Waals surface area (Å²) in [7, 11) is 0. The first-order valence-corrected chi connectivity index (χ1v) is 16.1. The smallest absolute Gasteiger partial charge is 0.196 e. The molecule has 0 aromatic heterocycles. The average molecular weight is 609 g/mol. The van der Waals surface area contributed by atoms with E-state index in [-0.39, 0.29) is 18.6 Å². The SMILES string of the molecule is c1ccc(C2=NC(c3cccc(-c4ccc5ccc6ccc7c(c6c5c4)OC(c4ccccc4)N7)c3)NC(c3ccccc3)N2)cc1. The normalized spacial score (nSPS) is 18.6. The molecule has 47 heavy (non-hydrogen) atoms. The maximum absolute atomic E-state index is 6.61. The molecule has 3 atom stereocenters. The maximum Gasteiger partial charge on any atom is 0.196 e. The summed E-state index contributed by atoms with van der Waals surface area (Å²) in [6.07, 6.45) is -0.527. The lowest BCUT2D eigenvalue weighted by atomic mass is 9.95. The van der Waals surface area contributed by atoms with Crippen LogP contribution in [0.25, 0.3) is 32.7 Å². The molecule has 7 aromatic carbocycles. The van der Waals surface area contributed by atoms with Gasteiger partial charge in [-0.1, -0.05) is 140 Å². The van der Waals surface area contributed by atoms with E-state index < -0.39 is 0 Å². The molecule has 3 unspecified atom stereocenters. The Morgan fingerprint density at radius 3 is 1.96 bits per heavy atom. The first-order valence-electron chi connectivity index (χ1n) is 16.1. The van der Waals surface area contributed by atoms with E-state index in [2.05, 4.69) is 143 Å². The third-order valence-electron chi connectivity index (χ3n) is 9.16. The first-order chi connectivity index (χ1) is 23.3. The van der Waals surface area contributed by atoms with Crippen molar-refractivity contribution in [3.8, 4) is 16.9 Å². The highest BCUT2D eigenvalue weighted by Crippen LogP contribution is 2.46. The number of nitrogens with zero attached hydrogens (tertiary/aromatic N) is 1. The van der Waals surface area contributed by atoms with E-state index in [1.165, 1.54) is 10.8 Å². The van der Waals surface area contributed by atoms with Crippen molar-refractivity contribution in [3.05, 3.63) is 180 Å². The second-order valence-electron chi connectivity index (χ2n) is 12.1. The van der Waals surface area contributed by atoms with Crippen molar-refractivity contribution < 1.29 is 4.74 Å². The highest BCUT2D eigenvalue weighted by Gasteiger charge is 2.27. The van der Waals surface area contributed by atoms with Crippen LogP contribution in [0.1, 0.15) is 40.8 Å². The van der Waals surface area contributed by atoms with E-state index in [0.717, 1.165) is 61.4 Å². The third kappa shape index (κ3) is 5.07. The third-order valence-corrected chi connectivity index (χ3v) is 9.16. The average Bonchev–Trinajstić information content (AvgIpc) is 3.60. The Labute approximate surface area is 273 Å². The Kier molecular flexibility index (Phi) is 6.69. The molecule has 0 amide bonds. The summed E-state index contributed by atoms with van der Waals surface area (Å²) in [4.78, 5) is 5.17. The van der Waals surface area contributed by atoms with E-state index in [9.17, 15) is 0 Å². The molecule has 0 spiro atoms. The lowest BCUT2D eigenvalue weighted by Gasteiger charge is -2.32. The molecule has 9 rings (SSSR count). The molecule has 2 aliphatic rings. The molecule has 5 nitrogen and oxygen atoms in total. The standard InChI is InChI=1S/C42H32N4O/c1-4-11-29(12-5-1)39-44-40(30-13-6-2-7-14-30)46-41(45-39)34-18-10-17-32(25-34)33-22-20-27-19-21-28-23-24-36-38(37(28)35(27)26-33)47-42(43-36)31-15-8-3-9-16-31/h1-26,39,41-43,45H,(H,44,46). The fraction of sp³-hybridized carbons (Fsp3) is 0.0714. The monoisotopic (exact) mass is 608 g/mol. The molecule has 0 bridgehead atoms. The Morgan fingerprint density at radius 2 is 1.15 bits per heavy atom. The first kappa shape index (κ1) is 27.4. The minimum atomic E-state index is -0.226. The number of rotatable bonds is 5. The fourth-order valence-electron chi connectivity index (χ4n) is 6.77. The van der Waals surface area contributed by atoms with Crippen molar-refractivity contribution in [3.63, 3.8) is 0 Å². The van der Waals surface area contributed by atoms with Crippen molar-refractivity contribution in [1.82, 2.24) is 10.6 Å². The van der Waals surface area contributed by atoms with E-state index >= 15 is 0 Å². The number of benzene rings is 7. The number of anilines is 1. The van der Waals surface area contributed by atoms with Gasteiger partial charge >= 0.3 is 0 Å². The van der Waals surface area contributed by atoms with Crippen molar-refractivity contribution in [2.45, 2.75) is 18.6 Å². The van der Waals surface area contributed by atoms with Gasteiger partial charge in [0, 0.05) is 16.5 Å². The molecule has 226 valence electrons. The maximum atomic E-state index is 6.61. The second kappa shape index (κ2) is 11.5. The quantitative estimate of drug-likeness (QED) is 0.170.